The minimum Gasteiger partial charge on any atom is -0.337 e. The summed E-state index contributed by atoms with van der Waals surface area (Å²) in [4.78, 5) is 11.6. The van der Waals surface area contributed by atoms with Crippen LogP contribution in [0.5, 0.6) is 0 Å². The lowest BCUT2D eigenvalue weighted by Crippen LogP contribution is -1.95. The SMILES string of the molecule is NCc1ccc2nc(-c3ccc(F)cn3)[nH]c2c1. The normalized spacial score (nSPS) is 11.0. The number of fused-ring (bicyclic) bond motifs is 1. The number of benzene rings is 1. The Morgan fingerprint density at radius 3 is 2.83 bits per heavy atom. The lowest BCUT2D eigenvalue weighted by Gasteiger charge is -1.94. The van der Waals surface area contributed by atoms with Crippen molar-refractivity contribution in [1.82, 2.24) is 15.0 Å². The van der Waals surface area contributed by atoms with Crippen molar-refractivity contribution in [2.45, 2.75) is 6.54 Å². The number of H-pyrrole nitrogens is 1. The van der Waals surface area contributed by atoms with Crippen molar-refractivity contribution in [3.63, 3.8) is 0 Å². The molecule has 0 spiro atoms. The maximum Gasteiger partial charge on any atom is 0.157 e. The molecule has 0 bridgehead atoms. The molecule has 3 aromatic rings. The van der Waals surface area contributed by atoms with E-state index in [1.165, 1.54) is 12.3 Å². The molecule has 0 aliphatic heterocycles. The maximum absolute atomic E-state index is 12.8. The number of aromatic nitrogens is 3. The summed E-state index contributed by atoms with van der Waals surface area (Å²) in [6.45, 7) is 0.485. The number of hydrogen-bond acceptors (Lipinski definition) is 3. The van der Waals surface area contributed by atoms with Crippen molar-refractivity contribution in [3.05, 3.63) is 47.9 Å². The van der Waals surface area contributed by atoms with Crippen LogP contribution in [-0.4, -0.2) is 15.0 Å². The van der Waals surface area contributed by atoms with Gasteiger partial charge >= 0.3 is 0 Å². The van der Waals surface area contributed by atoms with Crippen molar-refractivity contribution in [3.8, 4) is 11.5 Å². The van der Waals surface area contributed by atoms with Gasteiger partial charge < -0.3 is 10.7 Å². The van der Waals surface area contributed by atoms with Crippen LogP contribution in [0.4, 0.5) is 4.39 Å². The van der Waals surface area contributed by atoms with Gasteiger partial charge in [-0.3, -0.25) is 0 Å². The standard InChI is InChI=1S/C13H11FN4/c14-9-2-4-11(16-7-9)13-17-10-3-1-8(6-15)5-12(10)18-13/h1-5,7H,6,15H2,(H,17,18). The van der Waals surface area contributed by atoms with Gasteiger partial charge in [0.15, 0.2) is 5.82 Å². The molecule has 0 amide bonds. The highest BCUT2D eigenvalue weighted by atomic mass is 19.1. The molecule has 0 saturated carbocycles. The van der Waals surface area contributed by atoms with E-state index in [1.807, 2.05) is 18.2 Å². The molecule has 3 N–H and O–H groups in total. The van der Waals surface area contributed by atoms with Gasteiger partial charge in [-0.25, -0.2) is 14.4 Å². The molecular formula is C13H11FN4. The molecule has 0 fully saturated rings. The molecule has 0 radical (unpaired) electrons. The summed E-state index contributed by atoms with van der Waals surface area (Å²) in [6.07, 6.45) is 1.17. The van der Waals surface area contributed by atoms with Crippen molar-refractivity contribution in [2.24, 2.45) is 5.73 Å². The predicted molar refractivity (Wildman–Crippen MR) is 67.2 cm³/mol. The molecule has 3 rings (SSSR count). The molecule has 90 valence electrons. The zero-order valence-electron chi connectivity index (χ0n) is 9.52. The number of nitrogens with two attached hydrogens (primary N) is 1. The summed E-state index contributed by atoms with van der Waals surface area (Å²) in [5.74, 6) is 0.263. The molecule has 1 aromatic carbocycles. The van der Waals surface area contributed by atoms with Gasteiger partial charge in [0.05, 0.1) is 17.2 Å². The lowest BCUT2D eigenvalue weighted by molar-refractivity contribution is 0.621. The highest BCUT2D eigenvalue weighted by Gasteiger charge is 2.06. The first-order valence-electron chi connectivity index (χ1n) is 5.57. The summed E-state index contributed by atoms with van der Waals surface area (Å²) in [7, 11) is 0. The lowest BCUT2D eigenvalue weighted by atomic mass is 10.2. The van der Waals surface area contributed by atoms with E-state index in [1.54, 1.807) is 6.07 Å². The predicted octanol–water partition coefficient (Wildman–Crippen LogP) is 2.22. The number of imidazole rings is 1. The van der Waals surface area contributed by atoms with Crippen LogP contribution in [0.2, 0.25) is 0 Å². The Bertz CT molecular complexity index is 688. The second-order valence-corrected chi connectivity index (χ2v) is 4.00. The Balaban J connectivity index is 2.10. The Hall–Kier alpha value is -2.27. The molecule has 5 heteroatoms. The van der Waals surface area contributed by atoms with Crippen LogP contribution in [0.25, 0.3) is 22.6 Å². The Morgan fingerprint density at radius 2 is 2.11 bits per heavy atom. The summed E-state index contributed by atoms with van der Waals surface area (Å²) in [5.41, 5.74) is 8.98. The third-order valence-electron chi connectivity index (χ3n) is 2.75. The van der Waals surface area contributed by atoms with E-state index < -0.39 is 0 Å². The smallest absolute Gasteiger partial charge is 0.157 e. The van der Waals surface area contributed by atoms with Gasteiger partial charge in [0, 0.05) is 6.54 Å². The zero-order chi connectivity index (χ0) is 12.5. The second-order valence-electron chi connectivity index (χ2n) is 4.00. The van der Waals surface area contributed by atoms with Gasteiger partial charge in [0.1, 0.15) is 11.5 Å². The highest BCUT2D eigenvalue weighted by molar-refractivity contribution is 5.79. The minimum absolute atomic E-state index is 0.361. The van der Waals surface area contributed by atoms with Crippen LogP contribution in [0.1, 0.15) is 5.56 Å². The van der Waals surface area contributed by atoms with E-state index in [2.05, 4.69) is 15.0 Å². The van der Waals surface area contributed by atoms with Crippen LogP contribution in [0.3, 0.4) is 0 Å². The maximum atomic E-state index is 12.8. The first-order chi connectivity index (χ1) is 8.76. The fraction of sp³-hybridized carbons (Fsp3) is 0.0769. The third-order valence-corrected chi connectivity index (χ3v) is 2.75. The van der Waals surface area contributed by atoms with Crippen molar-refractivity contribution >= 4 is 11.0 Å². The average molecular weight is 242 g/mol. The summed E-state index contributed by atoms with van der Waals surface area (Å²) in [6, 6.07) is 8.75. The van der Waals surface area contributed by atoms with E-state index in [-0.39, 0.29) is 5.82 Å². The molecule has 0 unspecified atom stereocenters. The van der Waals surface area contributed by atoms with Crippen molar-refractivity contribution in [1.29, 1.82) is 0 Å². The van der Waals surface area contributed by atoms with Gasteiger partial charge in [-0.1, -0.05) is 6.07 Å². The van der Waals surface area contributed by atoms with Crippen LogP contribution in [-0.2, 0) is 6.54 Å². The Morgan fingerprint density at radius 1 is 1.22 bits per heavy atom. The van der Waals surface area contributed by atoms with Gasteiger partial charge in [0.25, 0.3) is 0 Å². The van der Waals surface area contributed by atoms with Gasteiger partial charge in [-0.05, 0) is 29.8 Å². The number of nitrogens with zero attached hydrogens (tertiary/aromatic N) is 2. The van der Waals surface area contributed by atoms with Crippen molar-refractivity contribution < 1.29 is 4.39 Å². The molecule has 0 aliphatic rings. The van der Waals surface area contributed by atoms with Crippen molar-refractivity contribution in [2.75, 3.05) is 0 Å². The number of pyridine rings is 1. The van der Waals surface area contributed by atoms with E-state index in [9.17, 15) is 4.39 Å². The van der Waals surface area contributed by atoms with Gasteiger partial charge in [-0.2, -0.15) is 0 Å². The van der Waals surface area contributed by atoms with Crippen LogP contribution in [0, 0.1) is 5.82 Å². The van der Waals surface area contributed by atoms with E-state index >= 15 is 0 Å². The average Bonchev–Trinajstić information content (AvgIpc) is 2.82. The number of hydrogen-bond donors (Lipinski definition) is 2. The van der Waals surface area contributed by atoms with Crippen LogP contribution in [0.15, 0.2) is 36.5 Å². The molecule has 18 heavy (non-hydrogen) atoms. The zero-order valence-corrected chi connectivity index (χ0v) is 9.52. The summed E-state index contributed by atoms with van der Waals surface area (Å²) < 4.78 is 12.8. The number of aromatic amines is 1. The molecule has 0 atom stereocenters. The highest BCUT2D eigenvalue weighted by Crippen LogP contribution is 2.19. The summed E-state index contributed by atoms with van der Waals surface area (Å²) in [5, 5.41) is 0. The molecule has 2 heterocycles. The quantitative estimate of drug-likeness (QED) is 0.724. The second kappa shape index (κ2) is 4.19. The monoisotopic (exact) mass is 242 g/mol. The van der Waals surface area contributed by atoms with Crippen LogP contribution >= 0.6 is 0 Å². The molecule has 2 aromatic heterocycles. The molecular weight excluding hydrogens is 231 g/mol. The molecule has 0 saturated heterocycles. The first kappa shape index (κ1) is 10.9. The number of rotatable bonds is 2. The Kier molecular flexibility index (Phi) is 2.53. The summed E-state index contributed by atoms with van der Waals surface area (Å²) >= 11 is 0. The van der Waals surface area contributed by atoms with E-state index in [4.69, 9.17) is 5.73 Å². The first-order valence-corrected chi connectivity index (χ1v) is 5.57. The minimum atomic E-state index is -0.361. The fourth-order valence-electron chi connectivity index (χ4n) is 1.82. The largest absolute Gasteiger partial charge is 0.337 e. The molecule has 0 aliphatic carbocycles. The fourth-order valence-corrected chi connectivity index (χ4v) is 1.82. The van der Waals surface area contributed by atoms with E-state index in [0.29, 0.717) is 18.1 Å². The van der Waals surface area contributed by atoms with Gasteiger partial charge in [0.2, 0.25) is 0 Å². The topological polar surface area (TPSA) is 67.6 Å². The number of halogens is 1. The van der Waals surface area contributed by atoms with Gasteiger partial charge in [-0.15, -0.1) is 0 Å². The van der Waals surface area contributed by atoms with E-state index in [0.717, 1.165) is 16.6 Å². The Labute approximate surface area is 103 Å². The third kappa shape index (κ3) is 1.84. The van der Waals surface area contributed by atoms with Crippen LogP contribution < -0.4 is 5.73 Å². The molecule has 4 nitrogen and oxygen atoms in total. The number of nitrogens with one attached hydrogen (secondary N) is 1.